The smallest absolute Gasteiger partial charge is 0.269 e. The SMILES string of the molecule is CNc1ccc([N+](=O)[O-])cc1CN(C)CC(N)=O. The van der Waals surface area contributed by atoms with E-state index in [0.717, 1.165) is 11.3 Å². The zero-order chi connectivity index (χ0) is 13.7. The van der Waals surface area contributed by atoms with Gasteiger partial charge in [0.1, 0.15) is 0 Å². The zero-order valence-corrected chi connectivity index (χ0v) is 10.3. The van der Waals surface area contributed by atoms with Crippen molar-refractivity contribution in [3.05, 3.63) is 33.9 Å². The number of likely N-dealkylation sites (N-methyl/N-ethyl adjacent to an activating group) is 1. The van der Waals surface area contributed by atoms with Gasteiger partial charge in [-0.25, -0.2) is 0 Å². The van der Waals surface area contributed by atoms with Crippen LogP contribution >= 0.6 is 0 Å². The Kier molecular flexibility index (Phi) is 4.61. The largest absolute Gasteiger partial charge is 0.388 e. The lowest BCUT2D eigenvalue weighted by molar-refractivity contribution is -0.384. The van der Waals surface area contributed by atoms with Gasteiger partial charge in [-0.3, -0.25) is 19.8 Å². The van der Waals surface area contributed by atoms with Gasteiger partial charge in [-0.2, -0.15) is 0 Å². The summed E-state index contributed by atoms with van der Waals surface area (Å²) >= 11 is 0. The Morgan fingerprint density at radius 3 is 2.72 bits per heavy atom. The van der Waals surface area contributed by atoms with E-state index in [-0.39, 0.29) is 12.2 Å². The molecule has 0 aromatic heterocycles. The van der Waals surface area contributed by atoms with Gasteiger partial charge >= 0.3 is 0 Å². The van der Waals surface area contributed by atoms with Crippen LogP contribution in [-0.2, 0) is 11.3 Å². The number of non-ortho nitro benzene ring substituents is 1. The lowest BCUT2D eigenvalue weighted by Gasteiger charge is -2.16. The lowest BCUT2D eigenvalue weighted by Crippen LogP contribution is -2.30. The molecule has 7 heteroatoms. The quantitative estimate of drug-likeness (QED) is 0.568. The molecule has 1 amide bonds. The van der Waals surface area contributed by atoms with Crippen LogP contribution in [0.15, 0.2) is 18.2 Å². The van der Waals surface area contributed by atoms with E-state index in [9.17, 15) is 14.9 Å². The van der Waals surface area contributed by atoms with E-state index in [1.807, 2.05) is 0 Å². The van der Waals surface area contributed by atoms with Crippen LogP contribution in [0.25, 0.3) is 0 Å². The molecule has 0 spiro atoms. The first-order chi connectivity index (χ1) is 8.43. The summed E-state index contributed by atoms with van der Waals surface area (Å²) in [5, 5.41) is 13.7. The van der Waals surface area contributed by atoms with E-state index in [4.69, 9.17) is 5.73 Å². The number of rotatable bonds is 6. The fourth-order valence-electron chi connectivity index (χ4n) is 1.68. The number of primary amides is 1. The molecule has 0 bridgehead atoms. The van der Waals surface area contributed by atoms with Gasteiger partial charge in [-0.15, -0.1) is 0 Å². The number of carbonyl (C=O) groups is 1. The van der Waals surface area contributed by atoms with Crippen molar-refractivity contribution in [1.82, 2.24) is 4.90 Å². The number of nitrogens with two attached hydrogens (primary N) is 1. The van der Waals surface area contributed by atoms with Crippen LogP contribution in [-0.4, -0.2) is 36.4 Å². The number of nitro groups is 1. The molecule has 18 heavy (non-hydrogen) atoms. The van der Waals surface area contributed by atoms with Crippen LogP contribution in [0.3, 0.4) is 0 Å². The molecule has 0 aliphatic rings. The van der Waals surface area contributed by atoms with Gasteiger partial charge in [-0.05, 0) is 18.7 Å². The highest BCUT2D eigenvalue weighted by atomic mass is 16.6. The van der Waals surface area contributed by atoms with Gasteiger partial charge in [0.25, 0.3) is 5.69 Å². The van der Waals surface area contributed by atoms with E-state index in [1.54, 1.807) is 25.1 Å². The second-order valence-electron chi connectivity index (χ2n) is 3.99. The summed E-state index contributed by atoms with van der Waals surface area (Å²) in [6.07, 6.45) is 0. The number of nitro benzene ring substituents is 1. The summed E-state index contributed by atoms with van der Waals surface area (Å²) in [5.74, 6) is -0.436. The number of anilines is 1. The Bertz CT molecular complexity index is 462. The van der Waals surface area contributed by atoms with Crippen molar-refractivity contribution < 1.29 is 9.72 Å². The van der Waals surface area contributed by atoms with E-state index in [1.165, 1.54) is 12.1 Å². The van der Waals surface area contributed by atoms with Gasteiger partial charge < -0.3 is 11.1 Å². The van der Waals surface area contributed by atoms with Gasteiger partial charge in [0.2, 0.25) is 5.91 Å². The molecule has 1 aromatic rings. The summed E-state index contributed by atoms with van der Waals surface area (Å²) in [6, 6.07) is 4.57. The highest BCUT2D eigenvalue weighted by Crippen LogP contribution is 2.22. The third kappa shape index (κ3) is 3.70. The average molecular weight is 252 g/mol. The maximum Gasteiger partial charge on any atom is 0.269 e. The molecule has 0 unspecified atom stereocenters. The van der Waals surface area contributed by atoms with E-state index in [2.05, 4.69) is 5.32 Å². The number of amides is 1. The number of benzene rings is 1. The second-order valence-corrected chi connectivity index (χ2v) is 3.99. The Labute approximate surface area is 105 Å². The Hall–Kier alpha value is -2.15. The fourth-order valence-corrected chi connectivity index (χ4v) is 1.68. The molecule has 0 saturated heterocycles. The summed E-state index contributed by atoms with van der Waals surface area (Å²) in [4.78, 5) is 22.7. The monoisotopic (exact) mass is 252 g/mol. The maximum absolute atomic E-state index is 10.8. The van der Waals surface area contributed by atoms with Crippen LogP contribution in [0.5, 0.6) is 0 Å². The molecule has 0 fully saturated rings. The molecule has 0 aliphatic heterocycles. The van der Waals surface area contributed by atoms with Gasteiger partial charge in [-0.1, -0.05) is 0 Å². The maximum atomic E-state index is 10.8. The summed E-state index contributed by atoms with van der Waals surface area (Å²) < 4.78 is 0. The highest BCUT2D eigenvalue weighted by Gasteiger charge is 2.12. The average Bonchev–Trinajstić information content (AvgIpc) is 2.27. The van der Waals surface area contributed by atoms with E-state index in [0.29, 0.717) is 6.54 Å². The molecule has 1 rings (SSSR count). The number of nitrogens with one attached hydrogen (secondary N) is 1. The van der Waals surface area contributed by atoms with Crippen LogP contribution in [0.2, 0.25) is 0 Å². The van der Waals surface area contributed by atoms with Gasteiger partial charge in [0.05, 0.1) is 11.5 Å². The number of hydrogen-bond donors (Lipinski definition) is 2. The highest BCUT2D eigenvalue weighted by molar-refractivity contribution is 5.75. The van der Waals surface area contributed by atoms with Crippen molar-refractivity contribution in [2.75, 3.05) is 26.0 Å². The number of nitrogens with zero attached hydrogens (tertiary/aromatic N) is 2. The van der Waals surface area contributed by atoms with Crippen molar-refractivity contribution in [3.8, 4) is 0 Å². The normalized spacial score (nSPS) is 10.4. The Morgan fingerprint density at radius 1 is 1.56 bits per heavy atom. The molecular weight excluding hydrogens is 236 g/mol. The van der Waals surface area contributed by atoms with Gasteiger partial charge in [0.15, 0.2) is 0 Å². The molecule has 0 heterocycles. The first-order valence-electron chi connectivity index (χ1n) is 5.36. The van der Waals surface area contributed by atoms with E-state index < -0.39 is 10.8 Å². The topological polar surface area (TPSA) is 102 Å². The molecular formula is C11H16N4O3. The van der Waals surface area contributed by atoms with Crippen molar-refractivity contribution in [1.29, 1.82) is 0 Å². The third-order valence-corrected chi connectivity index (χ3v) is 2.43. The molecule has 0 radical (unpaired) electrons. The van der Waals surface area contributed by atoms with E-state index >= 15 is 0 Å². The predicted molar refractivity (Wildman–Crippen MR) is 68.2 cm³/mol. The van der Waals surface area contributed by atoms with Crippen molar-refractivity contribution in [2.24, 2.45) is 5.73 Å². The fraction of sp³-hybridized carbons (Fsp3) is 0.364. The minimum absolute atomic E-state index is 0.0245. The molecule has 1 aromatic carbocycles. The summed E-state index contributed by atoms with van der Waals surface area (Å²) in [6.45, 7) is 0.507. The molecule has 98 valence electrons. The first-order valence-corrected chi connectivity index (χ1v) is 5.36. The zero-order valence-electron chi connectivity index (χ0n) is 10.3. The van der Waals surface area contributed by atoms with Crippen LogP contribution < -0.4 is 11.1 Å². The van der Waals surface area contributed by atoms with Crippen molar-refractivity contribution >= 4 is 17.3 Å². The number of carbonyl (C=O) groups excluding carboxylic acids is 1. The first kappa shape index (κ1) is 13.9. The number of hydrogen-bond acceptors (Lipinski definition) is 5. The minimum atomic E-state index is -0.447. The van der Waals surface area contributed by atoms with Crippen LogP contribution in [0, 0.1) is 10.1 Å². The van der Waals surface area contributed by atoms with Crippen molar-refractivity contribution in [2.45, 2.75) is 6.54 Å². The minimum Gasteiger partial charge on any atom is -0.388 e. The molecule has 3 N–H and O–H groups in total. The third-order valence-electron chi connectivity index (χ3n) is 2.43. The Morgan fingerprint density at radius 2 is 2.22 bits per heavy atom. The Balaban J connectivity index is 2.94. The van der Waals surface area contributed by atoms with Crippen LogP contribution in [0.4, 0.5) is 11.4 Å². The molecule has 7 nitrogen and oxygen atoms in total. The van der Waals surface area contributed by atoms with Crippen LogP contribution in [0.1, 0.15) is 5.56 Å². The van der Waals surface area contributed by atoms with Crippen molar-refractivity contribution in [3.63, 3.8) is 0 Å². The second kappa shape index (κ2) is 5.97. The molecule has 0 atom stereocenters. The lowest BCUT2D eigenvalue weighted by atomic mass is 10.1. The summed E-state index contributed by atoms with van der Waals surface area (Å²) in [5.41, 5.74) is 6.65. The molecule has 0 aliphatic carbocycles. The molecule has 0 saturated carbocycles. The standard InChI is InChI=1S/C11H16N4O3/c1-13-10-4-3-9(15(17)18)5-8(10)6-14(2)7-11(12)16/h3-5,13H,6-7H2,1-2H3,(H2,12,16). The van der Waals surface area contributed by atoms with Gasteiger partial charge in [0, 0.05) is 31.4 Å². The summed E-state index contributed by atoms with van der Waals surface area (Å²) in [7, 11) is 3.46. The predicted octanol–water partition coefficient (Wildman–Crippen LogP) is 0.554.